The average Bonchev–Trinajstić information content (AvgIpc) is 2.94. The Morgan fingerprint density at radius 3 is 1.63 bits per heavy atom. The molecule has 0 aliphatic carbocycles. The van der Waals surface area contributed by atoms with E-state index in [0.29, 0.717) is 29.4 Å². The number of nitrogens with one attached hydrogen (secondary N) is 1. The van der Waals surface area contributed by atoms with Crippen LogP contribution in [-0.4, -0.2) is 34.2 Å². The fraction of sp³-hybridized carbons (Fsp3) is 0.100. The first-order valence-corrected chi connectivity index (χ1v) is 12.4. The third kappa shape index (κ3) is 9.40. The molecule has 0 fully saturated rings. The molecule has 0 bridgehead atoms. The Hall–Kier alpha value is -4.83. The van der Waals surface area contributed by atoms with Gasteiger partial charge in [-0.25, -0.2) is 9.59 Å². The van der Waals surface area contributed by atoms with E-state index < -0.39 is 18.1 Å². The van der Waals surface area contributed by atoms with Gasteiger partial charge in [0.25, 0.3) is 5.91 Å². The van der Waals surface area contributed by atoms with E-state index in [1.807, 2.05) is 60.7 Å². The standard InChI is InChI=1S/C28H23ClN2O3.C2HF3O2/c29-24-14-11-22(12-15-24)27(32)30-25-17-23(28(33)34)13-16-26(25)31(18-20-7-3-1-4-8-20)19-21-9-5-2-6-10-21;3-2(4,5)1(6)7/h1-17H,18-19H2,(H,30,32)(H,33,34);(H,6,7). The lowest BCUT2D eigenvalue weighted by Crippen LogP contribution is -2.24. The Morgan fingerprint density at radius 2 is 1.20 bits per heavy atom. The number of carbonyl (C=O) groups is 3. The summed E-state index contributed by atoms with van der Waals surface area (Å²) in [5.41, 5.74) is 3.85. The largest absolute Gasteiger partial charge is 0.490 e. The highest BCUT2D eigenvalue weighted by atomic mass is 35.5. The smallest absolute Gasteiger partial charge is 0.478 e. The number of hydrogen-bond donors (Lipinski definition) is 3. The van der Waals surface area contributed by atoms with Crippen molar-refractivity contribution in [3.8, 4) is 0 Å². The molecule has 4 rings (SSSR count). The van der Waals surface area contributed by atoms with Crippen molar-refractivity contribution in [3.05, 3.63) is 130 Å². The molecular formula is C30H24ClF3N2O5. The minimum atomic E-state index is -5.08. The summed E-state index contributed by atoms with van der Waals surface area (Å²) < 4.78 is 31.7. The fourth-order valence-corrected chi connectivity index (χ4v) is 3.80. The average molecular weight is 585 g/mol. The molecule has 0 radical (unpaired) electrons. The molecule has 0 saturated carbocycles. The number of halogens is 4. The number of aliphatic carboxylic acids is 1. The maximum absolute atomic E-state index is 13.0. The monoisotopic (exact) mass is 584 g/mol. The van der Waals surface area contributed by atoms with Crippen molar-refractivity contribution in [2.75, 3.05) is 10.2 Å². The number of carboxylic acids is 2. The maximum atomic E-state index is 13.0. The van der Waals surface area contributed by atoms with Gasteiger partial charge in [-0.1, -0.05) is 72.3 Å². The molecule has 0 heterocycles. The van der Waals surface area contributed by atoms with Crippen molar-refractivity contribution >= 4 is 40.8 Å². The summed E-state index contributed by atoms with van der Waals surface area (Å²) in [5.74, 6) is -4.17. The number of carbonyl (C=O) groups excluding carboxylic acids is 1. The quantitative estimate of drug-likeness (QED) is 0.203. The Kier molecular flexibility index (Phi) is 10.5. The SMILES string of the molecule is O=C(O)C(F)(F)F.O=C(O)c1ccc(N(Cc2ccccc2)Cc2ccccc2)c(NC(=O)c2ccc(Cl)cc2)c1. The van der Waals surface area contributed by atoms with Crippen molar-refractivity contribution in [1.29, 1.82) is 0 Å². The minimum absolute atomic E-state index is 0.0922. The number of benzene rings is 4. The van der Waals surface area contributed by atoms with Crippen LogP contribution < -0.4 is 10.2 Å². The highest BCUT2D eigenvalue weighted by molar-refractivity contribution is 6.30. The van der Waals surface area contributed by atoms with Gasteiger partial charge in [0.05, 0.1) is 16.9 Å². The van der Waals surface area contributed by atoms with Gasteiger partial charge in [0.15, 0.2) is 0 Å². The summed E-state index contributed by atoms with van der Waals surface area (Å²) in [4.78, 5) is 35.7. The Labute approximate surface area is 238 Å². The van der Waals surface area contributed by atoms with Gasteiger partial charge >= 0.3 is 18.1 Å². The number of hydrogen-bond acceptors (Lipinski definition) is 4. The molecule has 41 heavy (non-hydrogen) atoms. The lowest BCUT2D eigenvalue weighted by molar-refractivity contribution is -0.192. The lowest BCUT2D eigenvalue weighted by Gasteiger charge is -2.28. The van der Waals surface area contributed by atoms with Gasteiger partial charge in [0, 0.05) is 23.7 Å². The lowest BCUT2D eigenvalue weighted by atomic mass is 10.1. The zero-order valence-electron chi connectivity index (χ0n) is 21.3. The van der Waals surface area contributed by atoms with Gasteiger partial charge in [-0.15, -0.1) is 0 Å². The molecule has 4 aromatic carbocycles. The van der Waals surface area contributed by atoms with Crippen LogP contribution in [-0.2, 0) is 17.9 Å². The maximum Gasteiger partial charge on any atom is 0.490 e. The summed E-state index contributed by atoms with van der Waals surface area (Å²) in [6.45, 7) is 1.15. The molecule has 0 unspecified atom stereocenters. The number of aromatic carboxylic acids is 1. The summed E-state index contributed by atoms with van der Waals surface area (Å²) in [5, 5.41) is 20.1. The van der Waals surface area contributed by atoms with Gasteiger partial charge in [-0.2, -0.15) is 13.2 Å². The first-order chi connectivity index (χ1) is 19.4. The molecule has 11 heteroatoms. The number of carboxylic acid groups (broad SMARTS) is 2. The minimum Gasteiger partial charge on any atom is -0.478 e. The normalized spacial score (nSPS) is 10.6. The molecule has 0 aromatic heterocycles. The van der Waals surface area contributed by atoms with E-state index in [0.717, 1.165) is 16.8 Å². The molecule has 0 aliphatic heterocycles. The second-order valence-corrected chi connectivity index (χ2v) is 9.06. The van der Waals surface area contributed by atoms with Crippen LogP contribution in [0.25, 0.3) is 0 Å². The van der Waals surface area contributed by atoms with Crippen molar-refractivity contribution in [2.45, 2.75) is 19.3 Å². The van der Waals surface area contributed by atoms with Crippen molar-refractivity contribution in [2.24, 2.45) is 0 Å². The predicted molar refractivity (Wildman–Crippen MR) is 149 cm³/mol. The summed E-state index contributed by atoms with van der Waals surface area (Å²) in [6, 6.07) is 31.3. The van der Waals surface area contributed by atoms with Gasteiger partial charge in [-0.05, 0) is 53.6 Å². The first kappa shape index (κ1) is 30.7. The number of anilines is 2. The highest BCUT2D eigenvalue weighted by Crippen LogP contribution is 2.31. The summed E-state index contributed by atoms with van der Waals surface area (Å²) in [6.07, 6.45) is -5.08. The molecule has 7 nitrogen and oxygen atoms in total. The van der Waals surface area contributed by atoms with Gasteiger partial charge in [0.1, 0.15) is 0 Å². The van der Waals surface area contributed by atoms with E-state index >= 15 is 0 Å². The fourth-order valence-electron chi connectivity index (χ4n) is 3.67. The third-order valence-electron chi connectivity index (χ3n) is 5.61. The van der Waals surface area contributed by atoms with Crippen LogP contribution in [0.5, 0.6) is 0 Å². The predicted octanol–water partition coefficient (Wildman–Crippen LogP) is 7.13. The molecule has 1 amide bonds. The van der Waals surface area contributed by atoms with E-state index in [1.54, 1.807) is 36.4 Å². The van der Waals surface area contributed by atoms with Crippen LogP contribution in [0.4, 0.5) is 24.5 Å². The molecule has 0 spiro atoms. The summed E-state index contributed by atoms with van der Waals surface area (Å²) in [7, 11) is 0. The number of alkyl halides is 3. The molecule has 0 aliphatic rings. The number of amides is 1. The van der Waals surface area contributed by atoms with Crippen LogP contribution >= 0.6 is 11.6 Å². The van der Waals surface area contributed by atoms with Crippen LogP contribution in [0.3, 0.4) is 0 Å². The number of rotatable bonds is 8. The molecule has 4 aromatic rings. The molecular weight excluding hydrogens is 561 g/mol. The van der Waals surface area contributed by atoms with E-state index in [4.69, 9.17) is 21.5 Å². The van der Waals surface area contributed by atoms with Crippen molar-refractivity contribution in [1.82, 2.24) is 0 Å². The summed E-state index contributed by atoms with van der Waals surface area (Å²) >= 11 is 5.95. The zero-order chi connectivity index (χ0) is 30.0. The van der Waals surface area contributed by atoms with Crippen LogP contribution in [0, 0.1) is 0 Å². The van der Waals surface area contributed by atoms with E-state index in [2.05, 4.69) is 10.2 Å². The van der Waals surface area contributed by atoms with Gasteiger partial charge in [0.2, 0.25) is 0 Å². The zero-order valence-corrected chi connectivity index (χ0v) is 22.1. The van der Waals surface area contributed by atoms with E-state index in [1.165, 1.54) is 6.07 Å². The molecule has 0 saturated heterocycles. The van der Waals surface area contributed by atoms with Gasteiger partial charge in [-0.3, -0.25) is 4.79 Å². The molecule has 3 N–H and O–H groups in total. The van der Waals surface area contributed by atoms with Gasteiger partial charge < -0.3 is 20.4 Å². The second kappa shape index (κ2) is 14.0. The van der Waals surface area contributed by atoms with E-state index in [9.17, 15) is 27.9 Å². The third-order valence-corrected chi connectivity index (χ3v) is 5.87. The van der Waals surface area contributed by atoms with Crippen molar-refractivity contribution < 1.29 is 37.8 Å². The highest BCUT2D eigenvalue weighted by Gasteiger charge is 2.38. The van der Waals surface area contributed by atoms with E-state index in [-0.39, 0.29) is 11.5 Å². The second-order valence-electron chi connectivity index (χ2n) is 8.63. The number of nitrogens with zero attached hydrogens (tertiary/aromatic N) is 1. The Bertz CT molecular complexity index is 1440. The van der Waals surface area contributed by atoms with Crippen LogP contribution in [0.2, 0.25) is 5.02 Å². The van der Waals surface area contributed by atoms with Crippen LogP contribution in [0.1, 0.15) is 31.8 Å². The molecule has 0 atom stereocenters. The topological polar surface area (TPSA) is 107 Å². The van der Waals surface area contributed by atoms with Crippen LogP contribution in [0.15, 0.2) is 103 Å². The Morgan fingerprint density at radius 1 is 0.732 bits per heavy atom. The Balaban J connectivity index is 0.000000587. The molecule has 212 valence electrons. The van der Waals surface area contributed by atoms with Crippen molar-refractivity contribution in [3.63, 3.8) is 0 Å². The first-order valence-electron chi connectivity index (χ1n) is 12.0.